The fraction of sp³-hybridized carbons (Fsp3) is 0.650. The van der Waals surface area contributed by atoms with E-state index in [1.807, 2.05) is 0 Å². The first-order valence-corrected chi connectivity index (χ1v) is 9.70. The van der Waals surface area contributed by atoms with Crippen LogP contribution in [-0.2, 0) is 24.5 Å². The van der Waals surface area contributed by atoms with Gasteiger partial charge in [-0.15, -0.1) is 0 Å². The normalized spacial score (nSPS) is 26.7. The van der Waals surface area contributed by atoms with Gasteiger partial charge in [-0.1, -0.05) is 25.1 Å². The second-order valence-electron chi connectivity index (χ2n) is 7.70. The Morgan fingerprint density at radius 3 is 2.88 bits per heavy atom. The van der Waals surface area contributed by atoms with Crippen LogP contribution in [0.1, 0.15) is 43.4 Å². The molecule has 0 spiro atoms. The largest absolute Gasteiger partial charge is 0.372 e. The quantitative estimate of drug-likeness (QED) is 0.637. The van der Waals surface area contributed by atoms with E-state index in [2.05, 4.69) is 47.6 Å². The molecule has 2 aliphatic heterocycles. The van der Waals surface area contributed by atoms with Gasteiger partial charge in [0, 0.05) is 31.7 Å². The Morgan fingerprint density at radius 1 is 1.24 bits per heavy atom. The van der Waals surface area contributed by atoms with Crippen LogP contribution in [0.2, 0.25) is 0 Å². The van der Waals surface area contributed by atoms with Crippen molar-refractivity contribution in [2.45, 2.75) is 58.5 Å². The lowest BCUT2D eigenvalue weighted by Gasteiger charge is -2.20. The average Bonchev–Trinajstić information content (AvgIpc) is 3.25. The zero-order valence-corrected chi connectivity index (χ0v) is 15.4. The standard InChI is InChI=1S/C20H30N4O/c1-3-21-20(23-19-11-24(10-14(19)2)18-6-7-18)22-9-15-4-5-16-12-25-13-17(16)8-15/h4-5,8,14,18-19H,3,6-7,9-13H2,1-2H3,(H2,21,22,23). The number of ether oxygens (including phenoxy) is 1. The first kappa shape index (κ1) is 16.9. The number of rotatable bonds is 5. The third-order valence-corrected chi connectivity index (χ3v) is 5.58. The lowest BCUT2D eigenvalue weighted by Crippen LogP contribution is -2.46. The maximum absolute atomic E-state index is 5.50. The molecule has 2 fully saturated rings. The highest BCUT2D eigenvalue weighted by Gasteiger charge is 2.38. The number of hydrogen-bond acceptors (Lipinski definition) is 3. The van der Waals surface area contributed by atoms with Crippen LogP contribution in [0.25, 0.3) is 0 Å². The van der Waals surface area contributed by atoms with Crippen molar-refractivity contribution in [3.8, 4) is 0 Å². The van der Waals surface area contributed by atoms with Gasteiger partial charge in [-0.25, -0.2) is 4.99 Å². The summed E-state index contributed by atoms with van der Waals surface area (Å²) >= 11 is 0. The van der Waals surface area contributed by atoms with Crippen molar-refractivity contribution in [3.05, 3.63) is 34.9 Å². The molecule has 1 saturated carbocycles. The highest BCUT2D eigenvalue weighted by molar-refractivity contribution is 5.80. The SMILES string of the molecule is CCNC(=NCc1ccc2c(c1)COC2)NC1CN(C2CC2)CC1C. The first-order chi connectivity index (χ1) is 12.2. The Balaban J connectivity index is 1.39. The lowest BCUT2D eigenvalue weighted by molar-refractivity contribution is 0.134. The van der Waals surface area contributed by atoms with E-state index in [-0.39, 0.29) is 0 Å². The Bertz CT molecular complexity index is 641. The van der Waals surface area contributed by atoms with Crippen molar-refractivity contribution in [1.82, 2.24) is 15.5 Å². The summed E-state index contributed by atoms with van der Waals surface area (Å²) in [7, 11) is 0. The van der Waals surface area contributed by atoms with Gasteiger partial charge in [0.1, 0.15) is 0 Å². The third kappa shape index (κ3) is 3.98. The number of fused-ring (bicyclic) bond motifs is 1. The van der Waals surface area contributed by atoms with E-state index in [1.54, 1.807) is 0 Å². The van der Waals surface area contributed by atoms with Crippen LogP contribution >= 0.6 is 0 Å². The van der Waals surface area contributed by atoms with Crippen molar-refractivity contribution >= 4 is 5.96 Å². The molecule has 2 N–H and O–H groups in total. The van der Waals surface area contributed by atoms with Crippen LogP contribution in [0.4, 0.5) is 0 Å². The van der Waals surface area contributed by atoms with Crippen molar-refractivity contribution in [2.24, 2.45) is 10.9 Å². The molecule has 5 nitrogen and oxygen atoms in total. The molecule has 0 aromatic heterocycles. The van der Waals surface area contributed by atoms with E-state index in [9.17, 15) is 0 Å². The van der Waals surface area contributed by atoms with Gasteiger partial charge in [0.25, 0.3) is 0 Å². The summed E-state index contributed by atoms with van der Waals surface area (Å²) in [6.45, 7) is 9.91. The highest BCUT2D eigenvalue weighted by atomic mass is 16.5. The van der Waals surface area contributed by atoms with E-state index >= 15 is 0 Å². The molecular weight excluding hydrogens is 312 g/mol. The number of nitrogens with one attached hydrogen (secondary N) is 2. The molecule has 3 aliphatic rings. The van der Waals surface area contributed by atoms with Crippen molar-refractivity contribution < 1.29 is 4.74 Å². The summed E-state index contributed by atoms with van der Waals surface area (Å²) in [6, 6.07) is 7.94. The molecule has 1 aromatic carbocycles. The smallest absolute Gasteiger partial charge is 0.191 e. The third-order valence-electron chi connectivity index (χ3n) is 5.58. The van der Waals surface area contributed by atoms with Gasteiger partial charge in [-0.3, -0.25) is 4.90 Å². The first-order valence-electron chi connectivity index (χ1n) is 9.70. The van der Waals surface area contributed by atoms with Crippen LogP contribution in [0.15, 0.2) is 23.2 Å². The number of nitrogens with zero attached hydrogens (tertiary/aromatic N) is 2. The molecular formula is C20H30N4O. The molecule has 1 saturated heterocycles. The molecule has 136 valence electrons. The molecule has 2 atom stereocenters. The summed E-state index contributed by atoms with van der Waals surface area (Å²) in [4.78, 5) is 7.47. The zero-order chi connectivity index (χ0) is 17.2. The van der Waals surface area contributed by atoms with Crippen molar-refractivity contribution in [3.63, 3.8) is 0 Å². The van der Waals surface area contributed by atoms with Gasteiger partial charge < -0.3 is 15.4 Å². The second kappa shape index (κ2) is 7.34. The monoisotopic (exact) mass is 342 g/mol. The Hall–Kier alpha value is -1.59. The van der Waals surface area contributed by atoms with Gasteiger partial charge in [0.15, 0.2) is 5.96 Å². The molecule has 4 rings (SSSR count). The molecule has 0 amide bonds. The van der Waals surface area contributed by atoms with Crippen LogP contribution < -0.4 is 10.6 Å². The van der Waals surface area contributed by atoms with Crippen LogP contribution in [0, 0.1) is 5.92 Å². The number of likely N-dealkylation sites (tertiary alicyclic amines) is 1. The second-order valence-corrected chi connectivity index (χ2v) is 7.70. The fourth-order valence-corrected chi connectivity index (χ4v) is 3.92. The topological polar surface area (TPSA) is 48.9 Å². The molecule has 25 heavy (non-hydrogen) atoms. The Labute approximate surface area is 150 Å². The summed E-state index contributed by atoms with van der Waals surface area (Å²) in [5.74, 6) is 1.61. The lowest BCUT2D eigenvalue weighted by atomic mass is 10.1. The van der Waals surface area contributed by atoms with Crippen molar-refractivity contribution in [2.75, 3.05) is 19.6 Å². The Kier molecular flexibility index (Phi) is 4.95. The Morgan fingerprint density at radius 2 is 2.08 bits per heavy atom. The highest BCUT2D eigenvalue weighted by Crippen LogP contribution is 2.31. The van der Waals surface area contributed by atoms with E-state index < -0.39 is 0 Å². The molecule has 0 radical (unpaired) electrons. The number of aliphatic imine (C=N–C) groups is 1. The van der Waals surface area contributed by atoms with Crippen LogP contribution in [0.5, 0.6) is 0 Å². The predicted octanol–water partition coefficient (Wildman–Crippen LogP) is 2.25. The summed E-state index contributed by atoms with van der Waals surface area (Å²) in [5.41, 5.74) is 3.88. The minimum absolute atomic E-state index is 0.492. The predicted molar refractivity (Wildman–Crippen MR) is 100 cm³/mol. The zero-order valence-electron chi connectivity index (χ0n) is 15.4. The van der Waals surface area contributed by atoms with E-state index in [0.717, 1.165) is 38.3 Å². The summed E-state index contributed by atoms with van der Waals surface area (Å²) in [6.07, 6.45) is 2.77. The molecule has 5 heteroatoms. The van der Waals surface area contributed by atoms with E-state index in [0.29, 0.717) is 18.5 Å². The number of hydrogen-bond donors (Lipinski definition) is 2. The molecule has 2 unspecified atom stereocenters. The van der Waals surface area contributed by atoms with Gasteiger partial charge in [-0.05, 0) is 42.4 Å². The average molecular weight is 342 g/mol. The van der Waals surface area contributed by atoms with Crippen molar-refractivity contribution in [1.29, 1.82) is 0 Å². The van der Waals surface area contributed by atoms with Gasteiger partial charge in [0.2, 0.25) is 0 Å². The molecule has 1 aliphatic carbocycles. The van der Waals surface area contributed by atoms with Gasteiger partial charge >= 0.3 is 0 Å². The van der Waals surface area contributed by atoms with Crippen LogP contribution in [0.3, 0.4) is 0 Å². The van der Waals surface area contributed by atoms with E-state index in [4.69, 9.17) is 9.73 Å². The minimum Gasteiger partial charge on any atom is -0.372 e. The minimum atomic E-state index is 0.492. The summed E-state index contributed by atoms with van der Waals surface area (Å²) in [5, 5.41) is 7.08. The maximum atomic E-state index is 5.50. The molecule has 0 bridgehead atoms. The van der Waals surface area contributed by atoms with Crippen LogP contribution in [-0.4, -0.2) is 42.6 Å². The summed E-state index contributed by atoms with van der Waals surface area (Å²) < 4.78 is 5.50. The van der Waals surface area contributed by atoms with Gasteiger partial charge in [0.05, 0.1) is 19.8 Å². The number of benzene rings is 1. The molecule has 1 aromatic rings. The fourth-order valence-electron chi connectivity index (χ4n) is 3.92. The van der Waals surface area contributed by atoms with Gasteiger partial charge in [-0.2, -0.15) is 0 Å². The maximum Gasteiger partial charge on any atom is 0.191 e. The van der Waals surface area contributed by atoms with E-state index in [1.165, 1.54) is 36.1 Å². The molecule has 2 heterocycles. The number of guanidine groups is 1.